The van der Waals surface area contributed by atoms with Crippen LogP contribution in [0.4, 0.5) is 5.69 Å². The lowest BCUT2D eigenvalue weighted by atomic mass is 10.2. The minimum Gasteiger partial charge on any atom is -0.381 e. The highest BCUT2D eigenvalue weighted by molar-refractivity contribution is 9.10. The summed E-state index contributed by atoms with van der Waals surface area (Å²) in [5, 5.41) is 10.6. The Bertz CT molecular complexity index is 457. The van der Waals surface area contributed by atoms with E-state index in [0.717, 1.165) is 18.8 Å². The topological polar surface area (TPSA) is 68.2 Å². The fourth-order valence-corrected chi connectivity index (χ4v) is 2.24. The van der Waals surface area contributed by atoms with Crippen LogP contribution < -0.4 is 16.2 Å². The number of hydrogen-bond donors (Lipinski definition) is 2. The van der Waals surface area contributed by atoms with Crippen LogP contribution in [-0.4, -0.2) is 42.1 Å². The van der Waals surface area contributed by atoms with E-state index in [0.29, 0.717) is 24.2 Å². The monoisotopic (exact) mass is 316 g/mol. The van der Waals surface area contributed by atoms with Crippen LogP contribution in [0.15, 0.2) is 15.5 Å². The number of ether oxygens (including phenoxy) is 1. The van der Waals surface area contributed by atoms with Gasteiger partial charge in [0.05, 0.1) is 25.1 Å². The Hall–Kier alpha value is -0.920. The first-order valence-corrected chi connectivity index (χ1v) is 6.82. The molecule has 0 bridgehead atoms. The minimum absolute atomic E-state index is 0.115. The third-order valence-electron chi connectivity index (χ3n) is 2.82. The van der Waals surface area contributed by atoms with Gasteiger partial charge in [-0.3, -0.25) is 4.79 Å². The first-order chi connectivity index (χ1) is 8.72. The van der Waals surface area contributed by atoms with E-state index < -0.39 is 0 Å². The third-order valence-corrected chi connectivity index (χ3v) is 3.59. The summed E-state index contributed by atoms with van der Waals surface area (Å²) in [5.74, 6) is 0. The predicted octanol–water partition coefficient (Wildman–Crippen LogP) is 0.426. The molecule has 2 N–H and O–H groups in total. The number of halogens is 1. The van der Waals surface area contributed by atoms with Gasteiger partial charge < -0.3 is 15.4 Å². The summed E-state index contributed by atoms with van der Waals surface area (Å²) in [7, 11) is 0. The van der Waals surface area contributed by atoms with Crippen molar-refractivity contribution in [3.8, 4) is 0 Å². The molecule has 0 spiro atoms. The van der Waals surface area contributed by atoms with Crippen LogP contribution in [0.1, 0.15) is 6.92 Å². The van der Waals surface area contributed by atoms with Gasteiger partial charge >= 0.3 is 0 Å². The average molecular weight is 317 g/mol. The van der Waals surface area contributed by atoms with Crippen molar-refractivity contribution >= 4 is 21.6 Å². The molecule has 2 heterocycles. The number of anilines is 1. The first-order valence-electron chi connectivity index (χ1n) is 6.03. The molecule has 0 amide bonds. The number of hydrogen-bond acceptors (Lipinski definition) is 5. The summed E-state index contributed by atoms with van der Waals surface area (Å²) in [4.78, 5) is 11.8. The van der Waals surface area contributed by atoms with Crippen LogP contribution in [0.5, 0.6) is 0 Å². The normalized spacial score (nSPS) is 19.8. The van der Waals surface area contributed by atoms with E-state index in [1.54, 1.807) is 6.20 Å². The molecule has 6 nitrogen and oxygen atoms in total. The van der Waals surface area contributed by atoms with Crippen LogP contribution in [0.3, 0.4) is 0 Å². The predicted molar refractivity (Wildman–Crippen MR) is 73.0 cm³/mol. The lowest BCUT2D eigenvalue weighted by molar-refractivity contribution is 0.0806. The Morgan fingerprint density at radius 3 is 3.22 bits per heavy atom. The number of nitrogens with zero attached hydrogens (tertiary/aromatic N) is 2. The van der Waals surface area contributed by atoms with E-state index in [2.05, 4.69) is 31.7 Å². The quantitative estimate of drug-likeness (QED) is 0.843. The van der Waals surface area contributed by atoms with Crippen molar-refractivity contribution in [2.45, 2.75) is 19.5 Å². The average Bonchev–Trinajstić information content (AvgIpc) is 2.42. The van der Waals surface area contributed by atoms with Crippen LogP contribution in [0.2, 0.25) is 0 Å². The second kappa shape index (κ2) is 6.31. The molecule has 0 radical (unpaired) electrons. The van der Waals surface area contributed by atoms with Crippen molar-refractivity contribution in [2.75, 3.05) is 31.6 Å². The summed E-state index contributed by atoms with van der Waals surface area (Å²) in [6.07, 6.45) is 1.67. The van der Waals surface area contributed by atoms with E-state index in [1.165, 1.54) is 4.68 Å². The van der Waals surface area contributed by atoms with Crippen LogP contribution >= 0.6 is 15.9 Å². The molecular formula is C11H17BrN4O2. The van der Waals surface area contributed by atoms with Gasteiger partial charge in [-0.05, 0) is 22.9 Å². The maximum Gasteiger partial charge on any atom is 0.283 e. The smallest absolute Gasteiger partial charge is 0.283 e. The van der Waals surface area contributed by atoms with Crippen molar-refractivity contribution in [3.63, 3.8) is 0 Å². The van der Waals surface area contributed by atoms with E-state index in [-0.39, 0.29) is 11.6 Å². The fraction of sp³-hybridized carbons (Fsp3) is 0.636. The van der Waals surface area contributed by atoms with Gasteiger partial charge in [-0.1, -0.05) is 0 Å². The second-order valence-corrected chi connectivity index (χ2v) is 4.89. The van der Waals surface area contributed by atoms with Gasteiger partial charge in [0.15, 0.2) is 0 Å². The molecule has 18 heavy (non-hydrogen) atoms. The highest BCUT2D eigenvalue weighted by Gasteiger charge is 2.14. The van der Waals surface area contributed by atoms with Crippen LogP contribution in [0.25, 0.3) is 0 Å². The lowest BCUT2D eigenvalue weighted by Crippen LogP contribution is -2.45. The highest BCUT2D eigenvalue weighted by atomic mass is 79.9. The number of nitrogens with one attached hydrogen (secondary N) is 2. The Labute approximate surface area is 114 Å². The molecule has 0 saturated carbocycles. The number of morpholine rings is 1. The van der Waals surface area contributed by atoms with Gasteiger partial charge in [-0.25, -0.2) is 4.68 Å². The standard InChI is InChI=1S/C11H17BrN4O2/c1-2-16-11(17)10(12)9(6-15-16)14-5-8-7-18-4-3-13-8/h6,8,13-14H,2-5,7H2,1H3. The van der Waals surface area contributed by atoms with Gasteiger partial charge in [-0.2, -0.15) is 5.10 Å². The molecular weight excluding hydrogens is 300 g/mol. The molecule has 100 valence electrons. The van der Waals surface area contributed by atoms with Crippen molar-refractivity contribution < 1.29 is 4.74 Å². The van der Waals surface area contributed by atoms with Crippen molar-refractivity contribution in [1.29, 1.82) is 0 Å². The molecule has 1 saturated heterocycles. The maximum absolute atomic E-state index is 11.8. The van der Waals surface area contributed by atoms with Gasteiger partial charge in [-0.15, -0.1) is 0 Å². The summed E-state index contributed by atoms with van der Waals surface area (Å²) in [5.41, 5.74) is 0.604. The minimum atomic E-state index is -0.115. The van der Waals surface area contributed by atoms with E-state index >= 15 is 0 Å². The van der Waals surface area contributed by atoms with Gasteiger partial charge in [0.25, 0.3) is 5.56 Å². The van der Waals surface area contributed by atoms with Crippen LogP contribution in [-0.2, 0) is 11.3 Å². The molecule has 1 aliphatic rings. The zero-order valence-electron chi connectivity index (χ0n) is 10.3. The van der Waals surface area contributed by atoms with Gasteiger partial charge in [0, 0.05) is 25.7 Å². The molecule has 7 heteroatoms. The molecule has 1 aromatic rings. The molecule has 0 aliphatic carbocycles. The zero-order chi connectivity index (χ0) is 13.0. The Kier molecular flexibility index (Phi) is 4.73. The Balaban J connectivity index is 2.01. The molecule has 0 aromatic carbocycles. The summed E-state index contributed by atoms with van der Waals surface area (Å²) >= 11 is 3.31. The van der Waals surface area contributed by atoms with Crippen molar-refractivity contribution in [3.05, 3.63) is 21.0 Å². The molecule has 2 rings (SSSR count). The largest absolute Gasteiger partial charge is 0.381 e. The summed E-state index contributed by atoms with van der Waals surface area (Å²) in [6.45, 7) is 5.46. The second-order valence-electron chi connectivity index (χ2n) is 4.10. The van der Waals surface area contributed by atoms with Crippen LogP contribution in [0, 0.1) is 0 Å². The number of aromatic nitrogens is 2. The molecule has 1 aliphatic heterocycles. The molecule has 1 unspecified atom stereocenters. The van der Waals surface area contributed by atoms with Gasteiger partial charge in [0.2, 0.25) is 0 Å². The summed E-state index contributed by atoms with van der Waals surface area (Å²) in [6, 6.07) is 0.263. The van der Waals surface area contributed by atoms with Crippen molar-refractivity contribution in [2.24, 2.45) is 0 Å². The van der Waals surface area contributed by atoms with Crippen molar-refractivity contribution in [1.82, 2.24) is 15.1 Å². The highest BCUT2D eigenvalue weighted by Crippen LogP contribution is 2.16. The number of aryl methyl sites for hydroxylation is 1. The lowest BCUT2D eigenvalue weighted by Gasteiger charge is -2.24. The Morgan fingerprint density at radius 1 is 1.72 bits per heavy atom. The van der Waals surface area contributed by atoms with E-state index in [4.69, 9.17) is 4.74 Å². The molecule has 1 atom stereocenters. The molecule has 1 aromatic heterocycles. The Morgan fingerprint density at radius 2 is 2.56 bits per heavy atom. The fourth-order valence-electron chi connectivity index (χ4n) is 1.80. The third kappa shape index (κ3) is 3.09. The zero-order valence-corrected chi connectivity index (χ0v) is 11.9. The van der Waals surface area contributed by atoms with E-state index in [9.17, 15) is 4.79 Å². The first kappa shape index (κ1) is 13.5. The maximum atomic E-state index is 11.8. The SMILES string of the molecule is CCn1ncc(NCC2COCCN2)c(Br)c1=O. The van der Waals surface area contributed by atoms with Gasteiger partial charge in [0.1, 0.15) is 4.47 Å². The summed E-state index contributed by atoms with van der Waals surface area (Å²) < 4.78 is 7.30. The van der Waals surface area contributed by atoms with E-state index in [1.807, 2.05) is 6.92 Å². The number of rotatable bonds is 4. The molecule has 1 fully saturated rings.